The van der Waals surface area contributed by atoms with Crippen molar-refractivity contribution in [2.75, 3.05) is 11.1 Å². The van der Waals surface area contributed by atoms with E-state index in [1.807, 2.05) is 55.5 Å². The van der Waals surface area contributed by atoms with Crippen LogP contribution in [0.1, 0.15) is 27.9 Å². The average Bonchev–Trinajstić information content (AvgIpc) is 2.83. The molecule has 33 heavy (non-hydrogen) atoms. The summed E-state index contributed by atoms with van der Waals surface area (Å²) in [4.78, 5) is 42.7. The second-order valence-electron chi connectivity index (χ2n) is 7.97. The van der Waals surface area contributed by atoms with Crippen molar-refractivity contribution in [3.63, 3.8) is 0 Å². The molecule has 0 spiro atoms. The number of nitrogens with one attached hydrogen (secondary N) is 1. The summed E-state index contributed by atoms with van der Waals surface area (Å²) >= 11 is 1.25. The number of ketones is 1. The zero-order valence-corrected chi connectivity index (χ0v) is 18.8. The Morgan fingerprint density at radius 2 is 1.82 bits per heavy atom. The number of benzene rings is 3. The zero-order valence-electron chi connectivity index (χ0n) is 18.0. The molecule has 0 saturated heterocycles. The highest BCUT2D eigenvalue weighted by molar-refractivity contribution is 7.99. The standard InChI is InChI=1S/C26H21N3O3S/c1-16-6-2-5-9-22(16)29-25(32)19-7-3-4-8-21(19)28-26(29)33-15-23(30)18-10-12-20-17(14-18)11-13-24(31)27-20/h2-10,12,14H,11,13,15H2,1H3,(H,27,31). The van der Waals surface area contributed by atoms with E-state index in [2.05, 4.69) is 5.32 Å². The molecule has 6 nitrogen and oxygen atoms in total. The Bertz CT molecular complexity index is 1480. The van der Waals surface area contributed by atoms with E-state index in [1.54, 1.807) is 22.8 Å². The van der Waals surface area contributed by atoms with Gasteiger partial charge in [0.15, 0.2) is 10.9 Å². The average molecular weight is 456 g/mol. The maximum Gasteiger partial charge on any atom is 0.266 e. The first-order valence-electron chi connectivity index (χ1n) is 10.7. The minimum atomic E-state index is -0.158. The molecule has 1 aliphatic rings. The first-order valence-corrected chi connectivity index (χ1v) is 11.7. The van der Waals surface area contributed by atoms with Crippen molar-refractivity contribution in [1.29, 1.82) is 0 Å². The van der Waals surface area contributed by atoms with Gasteiger partial charge in [-0.2, -0.15) is 0 Å². The van der Waals surface area contributed by atoms with Crippen LogP contribution in [0.5, 0.6) is 0 Å². The maximum atomic E-state index is 13.4. The van der Waals surface area contributed by atoms with Gasteiger partial charge in [-0.25, -0.2) is 4.98 Å². The molecule has 1 N–H and O–H groups in total. The van der Waals surface area contributed by atoms with E-state index in [9.17, 15) is 14.4 Å². The van der Waals surface area contributed by atoms with Gasteiger partial charge < -0.3 is 5.32 Å². The highest BCUT2D eigenvalue weighted by Crippen LogP contribution is 2.26. The number of nitrogens with zero attached hydrogens (tertiary/aromatic N) is 2. The van der Waals surface area contributed by atoms with E-state index in [0.717, 1.165) is 22.5 Å². The minimum Gasteiger partial charge on any atom is -0.326 e. The summed E-state index contributed by atoms with van der Waals surface area (Å²) < 4.78 is 1.60. The topological polar surface area (TPSA) is 81.1 Å². The van der Waals surface area contributed by atoms with Crippen molar-refractivity contribution < 1.29 is 9.59 Å². The van der Waals surface area contributed by atoms with Crippen LogP contribution in [0.2, 0.25) is 0 Å². The predicted octanol–water partition coefficient (Wildman–Crippen LogP) is 4.55. The lowest BCUT2D eigenvalue weighted by molar-refractivity contribution is -0.116. The zero-order chi connectivity index (χ0) is 22.9. The van der Waals surface area contributed by atoms with Gasteiger partial charge in [-0.1, -0.05) is 42.1 Å². The van der Waals surface area contributed by atoms with E-state index >= 15 is 0 Å². The molecular formula is C26H21N3O3S. The Hall–Kier alpha value is -3.71. The molecule has 1 aliphatic heterocycles. The number of Topliss-reactive ketones (excluding diaryl/α,β-unsaturated/α-hetero) is 1. The number of hydrogen-bond donors (Lipinski definition) is 1. The van der Waals surface area contributed by atoms with E-state index in [-0.39, 0.29) is 23.0 Å². The molecule has 0 radical (unpaired) electrons. The van der Waals surface area contributed by atoms with Crippen LogP contribution >= 0.6 is 11.8 Å². The molecule has 0 unspecified atom stereocenters. The van der Waals surface area contributed by atoms with E-state index in [4.69, 9.17) is 4.98 Å². The summed E-state index contributed by atoms with van der Waals surface area (Å²) in [6.45, 7) is 1.95. The van der Waals surface area contributed by atoms with Gasteiger partial charge in [0.25, 0.3) is 5.56 Å². The molecule has 1 amide bonds. The molecule has 164 valence electrons. The third-order valence-electron chi connectivity index (χ3n) is 5.76. The summed E-state index contributed by atoms with van der Waals surface area (Å²) in [6, 6.07) is 20.2. The van der Waals surface area contributed by atoms with Gasteiger partial charge in [-0.15, -0.1) is 0 Å². The fourth-order valence-electron chi connectivity index (χ4n) is 4.01. The third-order valence-corrected chi connectivity index (χ3v) is 6.69. The number of fused-ring (bicyclic) bond motifs is 2. The Labute approximate surface area is 194 Å². The van der Waals surface area contributed by atoms with Gasteiger partial charge in [0.2, 0.25) is 5.91 Å². The van der Waals surface area contributed by atoms with Crippen LogP contribution in [0.15, 0.2) is 76.7 Å². The number of aromatic nitrogens is 2. The molecule has 5 rings (SSSR count). The Kier molecular flexibility index (Phi) is 5.56. The first kappa shape index (κ1) is 21.2. The number of hydrogen-bond acceptors (Lipinski definition) is 5. The van der Waals surface area contributed by atoms with Crippen molar-refractivity contribution in [2.45, 2.75) is 24.9 Å². The van der Waals surface area contributed by atoms with Crippen LogP contribution < -0.4 is 10.9 Å². The van der Waals surface area contributed by atoms with Gasteiger partial charge in [0.05, 0.1) is 22.3 Å². The summed E-state index contributed by atoms with van der Waals surface area (Å²) in [6.07, 6.45) is 1.04. The lowest BCUT2D eigenvalue weighted by atomic mass is 9.99. The normalized spacial score (nSPS) is 12.9. The molecule has 4 aromatic rings. The van der Waals surface area contributed by atoms with Gasteiger partial charge in [-0.3, -0.25) is 19.0 Å². The number of amides is 1. The molecule has 7 heteroatoms. The monoisotopic (exact) mass is 455 g/mol. The van der Waals surface area contributed by atoms with Crippen molar-refractivity contribution in [3.8, 4) is 5.69 Å². The fraction of sp³-hybridized carbons (Fsp3) is 0.154. The van der Waals surface area contributed by atoms with Crippen molar-refractivity contribution >= 4 is 40.0 Å². The molecule has 2 heterocycles. The number of para-hydroxylation sites is 2. The summed E-state index contributed by atoms with van der Waals surface area (Å²) in [5, 5.41) is 3.85. The van der Waals surface area contributed by atoms with Crippen molar-refractivity contribution in [1.82, 2.24) is 9.55 Å². The van der Waals surface area contributed by atoms with E-state index < -0.39 is 0 Å². The number of anilines is 1. The number of carbonyl (C=O) groups is 2. The molecule has 3 aromatic carbocycles. The summed E-state index contributed by atoms with van der Waals surface area (Å²) in [7, 11) is 0. The van der Waals surface area contributed by atoms with Gasteiger partial charge >= 0.3 is 0 Å². The van der Waals surface area contributed by atoms with Crippen LogP contribution in [-0.2, 0) is 11.2 Å². The Morgan fingerprint density at radius 3 is 2.67 bits per heavy atom. The number of thioether (sulfide) groups is 1. The minimum absolute atomic E-state index is 0.00585. The molecule has 0 bridgehead atoms. The Morgan fingerprint density at radius 1 is 1.03 bits per heavy atom. The summed E-state index contributed by atoms with van der Waals surface area (Å²) in [5.41, 5.74) is 4.46. The molecule has 0 saturated carbocycles. The highest BCUT2D eigenvalue weighted by atomic mass is 32.2. The molecule has 0 atom stereocenters. The fourth-order valence-corrected chi connectivity index (χ4v) is 4.91. The van der Waals surface area contributed by atoms with E-state index in [1.165, 1.54) is 11.8 Å². The van der Waals surface area contributed by atoms with Gasteiger partial charge in [0, 0.05) is 17.7 Å². The van der Waals surface area contributed by atoms with Crippen LogP contribution in [0.4, 0.5) is 5.69 Å². The smallest absolute Gasteiger partial charge is 0.266 e. The number of aryl methyl sites for hydroxylation is 2. The number of rotatable bonds is 5. The lowest BCUT2D eigenvalue weighted by Crippen LogP contribution is -2.23. The molecule has 1 aromatic heterocycles. The largest absolute Gasteiger partial charge is 0.326 e. The molecular weight excluding hydrogens is 434 g/mol. The maximum absolute atomic E-state index is 13.4. The van der Waals surface area contributed by atoms with E-state index in [0.29, 0.717) is 34.5 Å². The number of carbonyl (C=O) groups excluding carboxylic acids is 2. The SMILES string of the molecule is Cc1ccccc1-n1c(SCC(=O)c2ccc3c(c2)CCC(=O)N3)nc2ccccc2c1=O. The van der Waals surface area contributed by atoms with Crippen LogP contribution in [0.3, 0.4) is 0 Å². The predicted molar refractivity (Wildman–Crippen MR) is 131 cm³/mol. The van der Waals surface area contributed by atoms with Gasteiger partial charge in [0.1, 0.15) is 0 Å². The quantitative estimate of drug-likeness (QED) is 0.271. The summed E-state index contributed by atoms with van der Waals surface area (Å²) in [5.74, 6) is 0.0778. The second kappa shape index (κ2) is 8.67. The van der Waals surface area contributed by atoms with Gasteiger partial charge in [-0.05, 0) is 60.9 Å². The van der Waals surface area contributed by atoms with Crippen LogP contribution in [0, 0.1) is 6.92 Å². The van der Waals surface area contributed by atoms with Crippen LogP contribution in [0.25, 0.3) is 16.6 Å². The first-order chi connectivity index (χ1) is 16.0. The third kappa shape index (κ3) is 4.07. The molecule has 0 aliphatic carbocycles. The van der Waals surface area contributed by atoms with Crippen LogP contribution in [-0.4, -0.2) is 27.0 Å². The second-order valence-corrected chi connectivity index (χ2v) is 8.91. The van der Waals surface area contributed by atoms with Crippen molar-refractivity contribution in [3.05, 3.63) is 93.8 Å². The Balaban J connectivity index is 1.50. The molecule has 0 fully saturated rings. The van der Waals surface area contributed by atoms with Crippen molar-refractivity contribution in [2.24, 2.45) is 0 Å². The highest BCUT2D eigenvalue weighted by Gasteiger charge is 2.19. The lowest BCUT2D eigenvalue weighted by Gasteiger charge is -2.17.